The van der Waals surface area contributed by atoms with Crippen LogP contribution in [0, 0.1) is 10.1 Å². The Morgan fingerprint density at radius 3 is 2.19 bits per heavy atom. The van der Waals surface area contributed by atoms with Crippen LogP contribution in [0.1, 0.15) is 0 Å². The molecule has 0 saturated carbocycles. The largest absolute Gasteiger partial charge is 0.458 e. The second kappa shape index (κ2) is 9.13. The first kappa shape index (κ1) is 26.9. The van der Waals surface area contributed by atoms with Crippen molar-refractivity contribution in [2.75, 3.05) is 18.6 Å². The molecule has 0 aliphatic carbocycles. The number of carbonyl (C=O) groups is 1. The van der Waals surface area contributed by atoms with E-state index in [2.05, 4.69) is 4.74 Å². The summed E-state index contributed by atoms with van der Waals surface area (Å²) in [6.45, 7) is -2.67. The summed E-state index contributed by atoms with van der Waals surface area (Å²) in [6, 6.07) is 2.47. The molecule has 17 heteroatoms. The molecule has 0 heterocycles. The van der Waals surface area contributed by atoms with Gasteiger partial charge in [-0.2, -0.15) is 26.3 Å². The highest BCUT2D eigenvalue weighted by molar-refractivity contribution is 8.00. The lowest BCUT2D eigenvalue weighted by Gasteiger charge is -2.31. The van der Waals surface area contributed by atoms with E-state index in [0.29, 0.717) is 6.07 Å². The summed E-state index contributed by atoms with van der Waals surface area (Å²) < 4.78 is 129. The van der Waals surface area contributed by atoms with Gasteiger partial charge in [-0.3, -0.25) is 14.9 Å². The van der Waals surface area contributed by atoms with Crippen LogP contribution in [-0.4, -0.2) is 62.1 Å². The van der Waals surface area contributed by atoms with E-state index in [-0.39, 0.29) is 16.7 Å². The van der Waals surface area contributed by atoms with Crippen molar-refractivity contribution in [2.45, 2.75) is 34.0 Å². The van der Waals surface area contributed by atoms with Crippen LogP contribution in [0.3, 0.4) is 0 Å². The summed E-state index contributed by atoms with van der Waals surface area (Å²) in [7, 11) is -3.84. The van der Waals surface area contributed by atoms with Crippen molar-refractivity contribution in [3.63, 3.8) is 0 Å². The van der Waals surface area contributed by atoms with E-state index in [1.54, 1.807) is 0 Å². The van der Waals surface area contributed by atoms with E-state index >= 15 is 0 Å². The maximum absolute atomic E-state index is 13.3. The van der Waals surface area contributed by atoms with Crippen molar-refractivity contribution < 1.29 is 58.0 Å². The first-order chi connectivity index (χ1) is 13.8. The fourth-order valence-corrected chi connectivity index (χ4v) is 3.26. The first-order valence-electron chi connectivity index (χ1n) is 7.53. The number of halogens is 8. The number of carbonyl (C=O) groups excluding carboxylic acids is 1. The SMILES string of the molecule is CS(=O)(=O)c1ccc(SCC(=O)OCC(F)(F)C(F)(F)C(F)(F)C(F)F)c([N+](=O)[O-])c1. The maximum atomic E-state index is 13.3. The van der Waals surface area contributed by atoms with Gasteiger partial charge in [0.1, 0.15) is 0 Å². The normalized spacial score (nSPS) is 13.4. The van der Waals surface area contributed by atoms with Crippen LogP contribution < -0.4 is 0 Å². The number of sulfone groups is 1. The van der Waals surface area contributed by atoms with Crippen LogP contribution in [0.2, 0.25) is 0 Å². The molecule has 7 nitrogen and oxygen atoms in total. The lowest BCUT2D eigenvalue weighted by molar-refractivity contribution is -0.388. The van der Waals surface area contributed by atoms with E-state index in [1.807, 2.05) is 0 Å². The number of hydrogen-bond acceptors (Lipinski definition) is 7. The van der Waals surface area contributed by atoms with Gasteiger partial charge in [-0.25, -0.2) is 17.2 Å². The predicted molar refractivity (Wildman–Crippen MR) is 88.7 cm³/mol. The molecule has 0 atom stereocenters. The van der Waals surface area contributed by atoms with Crippen LogP contribution in [0.4, 0.5) is 40.8 Å². The molecule has 0 aliphatic heterocycles. The molecule has 1 aromatic carbocycles. The van der Waals surface area contributed by atoms with E-state index in [0.717, 1.165) is 18.4 Å². The Bertz CT molecular complexity index is 954. The summed E-state index contributed by atoms with van der Waals surface area (Å²) in [6.07, 6.45) is -4.38. The Balaban J connectivity index is 2.88. The smallest absolute Gasteiger partial charge is 0.381 e. The van der Waals surface area contributed by atoms with Crippen molar-refractivity contribution in [2.24, 2.45) is 0 Å². The number of ether oxygens (including phenoxy) is 1. The monoisotopic (exact) mass is 505 g/mol. The van der Waals surface area contributed by atoms with Gasteiger partial charge in [-0.1, -0.05) is 0 Å². The lowest BCUT2D eigenvalue weighted by Crippen LogP contribution is -2.59. The standard InChI is InChI=1S/C14H11F8NO6S2/c1-31(27,28)7-2-3-9(8(4-7)23(25)26)30-5-10(24)29-6-12(17,18)14(21,22)13(19,20)11(15)16/h2-4,11H,5-6H2,1H3. The summed E-state index contributed by atoms with van der Waals surface area (Å²) in [5, 5.41) is 11.0. The molecule has 0 saturated heterocycles. The average molecular weight is 505 g/mol. The number of thioether (sulfide) groups is 1. The third kappa shape index (κ3) is 5.96. The summed E-state index contributed by atoms with van der Waals surface area (Å²) >= 11 is 0.260. The quantitative estimate of drug-likeness (QED) is 0.157. The zero-order chi connectivity index (χ0) is 24.4. The molecule has 0 bridgehead atoms. The van der Waals surface area contributed by atoms with Crippen LogP contribution >= 0.6 is 11.8 Å². The maximum Gasteiger partial charge on any atom is 0.381 e. The van der Waals surface area contributed by atoms with Gasteiger partial charge in [0.15, 0.2) is 16.4 Å². The number of nitro benzene ring substituents is 1. The number of nitrogens with zero attached hydrogens (tertiary/aromatic N) is 1. The van der Waals surface area contributed by atoms with Crippen LogP contribution in [-0.2, 0) is 19.4 Å². The predicted octanol–water partition coefficient (Wildman–Crippen LogP) is 3.80. The Morgan fingerprint density at radius 2 is 1.74 bits per heavy atom. The van der Waals surface area contributed by atoms with Gasteiger partial charge in [-0.05, 0) is 12.1 Å². The summed E-state index contributed by atoms with van der Waals surface area (Å²) in [4.78, 5) is 20.7. The number of hydrogen-bond donors (Lipinski definition) is 0. The number of alkyl halides is 8. The van der Waals surface area contributed by atoms with E-state index in [1.165, 1.54) is 0 Å². The topological polar surface area (TPSA) is 104 Å². The van der Waals surface area contributed by atoms with Gasteiger partial charge < -0.3 is 4.74 Å². The van der Waals surface area contributed by atoms with Gasteiger partial charge in [0.05, 0.1) is 20.5 Å². The Hall–Kier alpha value is -2.17. The highest BCUT2D eigenvalue weighted by Crippen LogP contribution is 2.48. The van der Waals surface area contributed by atoms with E-state index < -0.39 is 67.9 Å². The van der Waals surface area contributed by atoms with Gasteiger partial charge in [0.2, 0.25) is 0 Å². The number of rotatable bonds is 10. The second-order valence-electron chi connectivity index (χ2n) is 5.81. The molecule has 1 rings (SSSR count). The molecule has 0 spiro atoms. The minimum atomic E-state index is -6.55. The molecule has 176 valence electrons. The molecule has 0 amide bonds. The minimum Gasteiger partial charge on any atom is -0.458 e. The molecule has 0 fully saturated rings. The number of nitro groups is 1. The van der Waals surface area contributed by atoms with Crippen LogP contribution in [0.15, 0.2) is 28.0 Å². The van der Waals surface area contributed by atoms with Gasteiger partial charge >= 0.3 is 30.2 Å². The van der Waals surface area contributed by atoms with Crippen molar-refractivity contribution in [3.05, 3.63) is 28.3 Å². The Kier molecular flexibility index (Phi) is 7.92. The molecular formula is C14H11F8NO6S2. The fourth-order valence-electron chi connectivity index (χ4n) is 1.81. The Labute approximate surface area is 172 Å². The Morgan fingerprint density at radius 1 is 1.19 bits per heavy atom. The minimum absolute atomic E-state index is 0.260. The van der Waals surface area contributed by atoms with Crippen LogP contribution in [0.25, 0.3) is 0 Å². The number of benzene rings is 1. The zero-order valence-electron chi connectivity index (χ0n) is 15.0. The van der Waals surface area contributed by atoms with Gasteiger partial charge in [0, 0.05) is 12.3 Å². The van der Waals surface area contributed by atoms with Crippen molar-refractivity contribution >= 4 is 33.3 Å². The van der Waals surface area contributed by atoms with Gasteiger partial charge in [-0.15, -0.1) is 11.8 Å². The molecule has 31 heavy (non-hydrogen) atoms. The molecule has 0 aliphatic rings. The summed E-state index contributed by atoms with van der Waals surface area (Å²) in [5.74, 6) is -21.6. The molecular weight excluding hydrogens is 494 g/mol. The molecule has 1 aromatic rings. The second-order valence-corrected chi connectivity index (χ2v) is 8.84. The van der Waals surface area contributed by atoms with Crippen molar-refractivity contribution in [1.29, 1.82) is 0 Å². The third-order valence-electron chi connectivity index (χ3n) is 3.47. The van der Waals surface area contributed by atoms with Crippen molar-refractivity contribution in [1.82, 2.24) is 0 Å². The molecule has 0 aromatic heterocycles. The molecule has 0 N–H and O–H groups in total. The molecule has 0 unspecified atom stereocenters. The van der Waals surface area contributed by atoms with Crippen molar-refractivity contribution in [3.8, 4) is 0 Å². The molecule has 0 radical (unpaired) electrons. The first-order valence-corrected chi connectivity index (χ1v) is 10.4. The van der Waals surface area contributed by atoms with E-state index in [9.17, 15) is 58.4 Å². The van der Waals surface area contributed by atoms with E-state index in [4.69, 9.17) is 0 Å². The van der Waals surface area contributed by atoms with Crippen LogP contribution in [0.5, 0.6) is 0 Å². The lowest BCUT2D eigenvalue weighted by atomic mass is 10.1. The fraction of sp³-hybridized carbons (Fsp3) is 0.500. The highest BCUT2D eigenvalue weighted by atomic mass is 32.2. The van der Waals surface area contributed by atoms with Gasteiger partial charge in [0.25, 0.3) is 5.69 Å². The highest BCUT2D eigenvalue weighted by Gasteiger charge is 2.75. The zero-order valence-corrected chi connectivity index (χ0v) is 16.6. The average Bonchev–Trinajstić information content (AvgIpc) is 2.63. The number of esters is 1. The summed E-state index contributed by atoms with van der Waals surface area (Å²) in [5.41, 5.74) is -0.797. The third-order valence-corrected chi connectivity index (χ3v) is 5.61.